The van der Waals surface area contributed by atoms with E-state index in [0.29, 0.717) is 5.56 Å². The van der Waals surface area contributed by atoms with E-state index in [4.69, 9.17) is 5.73 Å². The van der Waals surface area contributed by atoms with E-state index in [-0.39, 0.29) is 11.4 Å². The zero-order chi connectivity index (χ0) is 11.5. The Labute approximate surface area is 87.5 Å². The van der Waals surface area contributed by atoms with Gasteiger partial charge in [0.2, 0.25) is 0 Å². The highest BCUT2D eigenvalue weighted by Gasteiger charge is 2.07. The van der Waals surface area contributed by atoms with Crippen LogP contribution in [0.4, 0.5) is 11.4 Å². The minimum Gasteiger partial charge on any atom is -0.393 e. The molecule has 0 atom stereocenters. The molecule has 0 unspecified atom stereocenters. The first-order valence-electron chi connectivity index (χ1n) is 4.09. The molecule has 0 aliphatic carbocycles. The molecule has 0 aliphatic rings. The number of nitroso groups, excluding NO2 is 1. The summed E-state index contributed by atoms with van der Waals surface area (Å²) >= 11 is 0. The summed E-state index contributed by atoms with van der Waals surface area (Å²) in [4.78, 5) is 10.4. The van der Waals surface area contributed by atoms with Crippen LogP contribution in [-0.2, 0) is 9.84 Å². The molecule has 15 heavy (non-hydrogen) atoms. The van der Waals surface area contributed by atoms with Crippen LogP contribution in [0, 0.1) is 4.91 Å². The van der Waals surface area contributed by atoms with E-state index < -0.39 is 9.84 Å². The zero-order valence-corrected chi connectivity index (χ0v) is 8.91. The standard InChI is InChI=1S/C9H10N2O3S/c1-15(13,14)6-5-7-3-2-4-8(11-12)9(7)10/h2-6H,10H2,1H3/p+1/b6-5-. The van der Waals surface area contributed by atoms with Crippen LogP contribution >= 0.6 is 0 Å². The number of benzene rings is 1. The van der Waals surface area contributed by atoms with Crippen molar-refractivity contribution in [1.29, 1.82) is 0 Å². The van der Waals surface area contributed by atoms with E-state index in [0.717, 1.165) is 11.7 Å². The van der Waals surface area contributed by atoms with Crippen LogP contribution in [0.25, 0.3) is 6.08 Å². The first-order valence-corrected chi connectivity index (χ1v) is 6.04. The van der Waals surface area contributed by atoms with Gasteiger partial charge in [-0.2, -0.15) is 0 Å². The molecule has 1 aromatic rings. The van der Waals surface area contributed by atoms with E-state index in [1.165, 1.54) is 12.1 Å². The van der Waals surface area contributed by atoms with Crippen molar-refractivity contribution in [3.63, 3.8) is 0 Å². The summed E-state index contributed by atoms with van der Waals surface area (Å²) in [5.74, 6) is 0. The van der Waals surface area contributed by atoms with Gasteiger partial charge in [0.05, 0.1) is 0 Å². The summed E-state index contributed by atoms with van der Waals surface area (Å²) < 4.78 is 21.7. The summed E-state index contributed by atoms with van der Waals surface area (Å²) in [5.41, 5.74) is 6.56. The van der Waals surface area contributed by atoms with Crippen LogP contribution in [-0.4, -0.2) is 14.7 Å². The normalized spacial score (nSPS) is 11.8. The molecular weight excluding hydrogens is 216 g/mol. The maximum Gasteiger partial charge on any atom is 0.276 e. The minimum atomic E-state index is -3.19. The van der Waals surface area contributed by atoms with Crippen LogP contribution in [0.1, 0.15) is 5.56 Å². The Bertz CT molecular complexity index is 506. The van der Waals surface area contributed by atoms with Gasteiger partial charge in [-0.1, -0.05) is 12.1 Å². The molecule has 0 saturated carbocycles. The molecule has 0 fully saturated rings. The van der Waals surface area contributed by atoms with Crippen molar-refractivity contribution in [2.24, 2.45) is 0 Å². The Hall–Kier alpha value is -1.69. The summed E-state index contributed by atoms with van der Waals surface area (Å²) in [6, 6.07) is 4.75. The molecule has 0 saturated heterocycles. The highest BCUT2D eigenvalue weighted by Crippen LogP contribution is 2.19. The van der Waals surface area contributed by atoms with Gasteiger partial charge in [-0.05, 0) is 6.08 Å². The molecule has 0 amide bonds. The molecule has 3 N–H and O–H groups in total. The third-order valence-electron chi connectivity index (χ3n) is 1.74. The quantitative estimate of drug-likeness (QED) is 0.697. The van der Waals surface area contributed by atoms with E-state index in [1.807, 2.05) is 0 Å². The van der Waals surface area contributed by atoms with Crippen LogP contribution in [0.2, 0.25) is 0 Å². The average molecular weight is 227 g/mol. The lowest BCUT2D eigenvalue weighted by Crippen LogP contribution is -2.56. The first-order chi connectivity index (χ1) is 6.94. The molecule has 0 radical (unpaired) electrons. The Morgan fingerprint density at radius 1 is 1.40 bits per heavy atom. The van der Waals surface area contributed by atoms with Gasteiger partial charge in [0.1, 0.15) is 5.69 Å². The van der Waals surface area contributed by atoms with Gasteiger partial charge < -0.3 is 5.73 Å². The predicted octanol–water partition coefficient (Wildman–Crippen LogP) is -0.237. The first kappa shape index (κ1) is 11.4. The van der Waals surface area contributed by atoms with Gasteiger partial charge in [-0.25, -0.2) is 8.42 Å². The second-order valence-electron chi connectivity index (χ2n) is 3.04. The Kier molecular flexibility index (Phi) is 3.21. The topological polar surface area (TPSA) is 91.2 Å². The number of nitrogen functional groups attached to an aromatic ring is 1. The van der Waals surface area contributed by atoms with Gasteiger partial charge in [0.25, 0.3) is 5.69 Å². The lowest BCUT2D eigenvalue weighted by Gasteiger charge is -1.97. The number of anilines is 1. The fraction of sp³-hybridized carbons (Fsp3) is 0.111. The summed E-state index contributed by atoms with van der Waals surface area (Å²) in [6.45, 7) is 0. The molecule has 0 aliphatic heterocycles. The van der Waals surface area contributed by atoms with Gasteiger partial charge in [-0.15, -0.1) is 0 Å². The number of nitrogens with two attached hydrogens (primary N) is 1. The van der Waals surface area contributed by atoms with E-state index in [2.05, 4.69) is 0 Å². The van der Waals surface area contributed by atoms with Crippen molar-refractivity contribution in [3.05, 3.63) is 34.1 Å². The van der Waals surface area contributed by atoms with Crippen LogP contribution < -0.4 is 10.9 Å². The number of sulfone groups is 1. The third kappa shape index (κ3) is 3.17. The molecular formula is C9H11N2O3S+. The summed E-state index contributed by atoms with van der Waals surface area (Å²) in [7, 11) is -3.19. The Balaban J connectivity index is 3.17. The van der Waals surface area contributed by atoms with Crippen molar-refractivity contribution in [1.82, 2.24) is 0 Å². The van der Waals surface area contributed by atoms with Gasteiger partial charge in [0, 0.05) is 33.4 Å². The average Bonchev–Trinajstić information content (AvgIpc) is 2.15. The maximum atomic E-state index is 10.9. The predicted molar refractivity (Wildman–Crippen MR) is 58.7 cm³/mol. The van der Waals surface area contributed by atoms with Gasteiger partial charge >= 0.3 is 0 Å². The van der Waals surface area contributed by atoms with E-state index in [1.54, 1.807) is 17.3 Å². The highest BCUT2D eigenvalue weighted by molar-refractivity contribution is 7.93. The molecule has 1 rings (SSSR count). The second-order valence-corrected chi connectivity index (χ2v) is 4.97. The van der Waals surface area contributed by atoms with Crippen molar-refractivity contribution in [2.45, 2.75) is 0 Å². The number of hydrogen-bond acceptors (Lipinski definition) is 4. The summed E-state index contributed by atoms with van der Waals surface area (Å²) in [6.07, 6.45) is 2.43. The highest BCUT2D eigenvalue weighted by atomic mass is 32.2. The number of rotatable bonds is 3. The fourth-order valence-electron chi connectivity index (χ4n) is 1.01. The summed E-state index contributed by atoms with van der Waals surface area (Å²) in [5, 5.41) is 2.71. The third-order valence-corrected chi connectivity index (χ3v) is 2.38. The number of hydrogen-bond donors (Lipinski definition) is 2. The number of para-hydroxylation sites is 1. The van der Waals surface area contributed by atoms with Crippen molar-refractivity contribution in [2.75, 3.05) is 12.0 Å². The zero-order valence-electron chi connectivity index (χ0n) is 8.10. The second kappa shape index (κ2) is 4.22. The van der Waals surface area contributed by atoms with Crippen molar-refractivity contribution >= 4 is 27.3 Å². The molecule has 5 nitrogen and oxygen atoms in total. The SMILES string of the molecule is CS(=O)(=O)/C=C\c1cccc([NH+]=O)c1N. The van der Waals surface area contributed by atoms with Crippen LogP contribution in [0.15, 0.2) is 23.6 Å². The molecule has 0 heterocycles. The largest absolute Gasteiger partial charge is 0.393 e. The van der Waals surface area contributed by atoms with Gasteiger partial charge in [-0.3, -0.25) is 0 Å². The lowest BCUT2D eigenvalue weighted by molar-refractivity contribution is -0.378. The minimum absolute atomic E-state index is 0.227. The van der Waals surface area contributed by atoms with Crippen molar-refractivity contribution in [3.8, 4) is 0 Å². The molecule has 80 valence electrons. The van der Waals surface area contributed by atoms with Crippen LogP contribution in [0.3, 0.4) is 0 Å². The maximum absolute atomic E-state index is 10.9. The van der Waals surface area contributed by atoms with Gasteiger partial charge in [0.15, 0.2) is 9.84 Å². The fourth-order valence-corrected chi connectivity index (χ4v) is 1.41. The number of nitrogens with one attached hydrogen (secondary N) is 1. The Morgan fingerprint density at radius 2 is 2.07 bits per heavy atom. The van der Waals surface area contributed by atoms with Crippen molar-refractivity contribution < 1.29 is 13.6 Å². The Morgan fingerprint density at radius 3 is 2.60 bits per heavy atom. The monoisotopic (exact) mass is 227 g/mol. The lowest BCUT2D eigenvalue weighted by atomic mass is 10.1. The van der Waals surface area contributed by atoms with E-state index >= 15 is 0 Å². The molecule has 6 heteroatoms. The molecule has 0 bridgehead atoms. The molecule has 0 aromatic heterocycles. The van der Waals surface area contributed by atoms with Crippen LogP contribution in [0.5, 0.6) is 0 Å². The molecule has 1 aromatic carbocycles. The smallest absolute Gasteiger partial charge is 0.276 e. The van der Waals surface area contributed by atoms with E-state index in [9.17, 15) is 13.3 Å². The molecule has 0 spiro atoms.